The maximum absolute atomic E-state index is 13.2. The van der Waals surface area contributed by atoms with Gasteiger partial charge in [-0.05, 0) is 37.3 Å². The predicted molar refractivity (Wildman–Crippen MR) is 132 cm³/mol. The topological polar surface area (TPSA) is 102 Å². The van der Waals surface area contributed by atoms with Gasteiger partial charge in [-0.25, -0.2) is 8.42 Å². The van der Waals surface area contributed by atoms with E-state index < -0.39 is 9.84 Å². The minimum atomic E-state index is -3.78. The molecule has 0 aliphatic carbocycles. The molecule has 0 radical (unpaired) electrons. The van der Waals surface area contributed by atoms with Gasteiger partial charge in [0.1, 0.15) is 16.4 Å². The van der Waals surface area contributed by atoms with Crippen LogP contribution < -0.4 is 14.4 Å². The maximum Gasteiger partial charge on any atom is 0.223 e. The number of benzene rings is 2. The van der Waals surface area contributed by atoms with Gasteiger partial charge in [-0.15, -0.1) is 0 Å². The number of methoxy groups -OCH3 is 2. The summed E-state index contributed by atoms with van der Waals surface area (Å²) in [6.45, 7) is 4.17. The zero-order valence-corrected chi connectivity index (χ0v) is 20.9. The van der Waals surface area contributed by atoms with Crippen molar-refractivity contribution in [2.45, 2.75) is 18.2 Å². The molecule has 0 spiro atoms. The first kappa shape index (κ1) is 24.6. The molecule has 1 fully saturated rings. The molecule has 1 aliphatic rings. The van der Waals surface area contributed by atoms with Gasteiger partial charge in [-0.2, -0.15) is 0 Å². The van der Waals surface area contributed by atoms with Crippen LogP contribution in [-0.4, -0.2) is 70.5 Å². The molecule has 1 aliphatic heterocycles. The zero-order chi connectivity index (χ0) is 25.0. The largest absolute Gasteiger partial charge is 0.497 e. The number of piperazine rings is 1. The smallest absolute Gasteiger partial charge is 0.223 e. The van der Waals surface area contributed by atoms with Crippen molar-refractivity contribution in [2.24, 2.45) is 0 Å². The maximum atomic E-state index is 13.2. The van der Waals surface area contributed by atoms with Crippen molar-refractivity contribution in [1.82, 2.24) is 10.1 Å². The Labute approximate surface area is 205 Å². The number of ether oxygens (including phenoxy) is 2. The number of sulfone groups is 1. The third-order valence-electron chi connectivity index (χ3n) is 6.05. The fraction of sp³-hybridized carbons (Fsp3) is 0.360. The molecule has 1 aromatic heterocycles. The first-order chi connectivity index (χ1) is 16.8. The summed E-state index contributed by atoms with van der Waals surface area (Å²) in [5, 5.41) is 3.86. The highest BCUT2D eigenvalue weighted by Crippen LogP contribution is 2.31. The second-order valence-corrected chi connectivity index (χ2v) is 10.4. The van der Waals surface area contributed by atoms with Gasteiger partial charge in [0.25, 0.3) is 0 Å². The van der Waals surface area contributed by atoms with Gasteiger partial charge in [0.2, 0.25) is 5.91 Å². The van der Waals surface area contributed by atoms with E-state index >= 15 is 0 Å². The number of hydrogen-bond donors (Lipinski definition) is 0. The van der Waals surface area contributed by atoms with Crippen LogP contribution in [0.1, 0.15) is 12.1 Å². The summed E-state index contributed by atoms with van der Waals surface area (Å²) in [6, 6.07) is 14.3. The lowest BCUT2D eigenvalue weighted by Crippen LogP contribution is -2.49. The molecule has 2 aromatic carbocycles. The molecule has 4 rings (SSSR count). The van der Waals surface area contributed by atoms with E-state index in [4.69, 9.17) is 14.0 Å². The van der Waals surface area contributed by atoms with E-state index in [1.54, 1.807) is 37.1 Å². The fourth-order valence-electron chi connectivity index (χ4n) is 4.08. The molecule has 10 heteroatoms. The van der Waals surface area contributed by atoms with E-state index in [0.29, 0.717) is 43.2 Å². The van der Waals surface area contributed by atoms with Gasteiger partial charge in [0, 0.05) is 56.0 Å². The molecule has 9 nitrogen and oxygen atoms in total. The monoisotopic (exact) mass is 499 g/mol. The Morgan fingerprint density at radius 1 is 1.03 bits per heavy atom. The summed E-state index contributed by atoms with van der Waals surface area (Å²) in [4.78, 5) is 16.8. The fourth-order valence-corrected chi connectivity index (χ4v) is 5.51. The summed E-state index contributed by atoms with van der Waals surface area (Å²) in [6.07, 6.45) is -0.101. The lowest BCUT2D eigenvalue weighted by atomic mass is 10.1. The Morgan fingerprint density at radius 2 is 1.80 bits per heavy atom. The Morgan fingerprint density at radius 3 is 2.46 bits per heavy atom. The van der Waals surface area contributed by atoms with Crippen molar-refractivity contribution in [3.8, 4) is 22.8 Å². The number of aromatic nitrogens is 1. The molecule has 0 saturated carbocycles. The number of hydrogen-bond acceptors (Lipinski definition) is 8. The van der Waals surface area contributed by atoms with E-state index in [0.717, 1.165) is 11.4 Å². The molecular weight excluding hydrogens is 470 g/mol. The molecule has 1 saturated heterocycles. The molecule has 2 heterocycles. The van der Waals surface area contributed by atoms with E-state index in [9.17, 15) is 13.2 Å². The molecule has 0 unspecified atom stereocenters. The van der Waals surface area contributed by atoms with Crippen LogP contribution in [0.2, 0.25) is 0 Å². The summed E-state index contributed by atoms with van der Waals surface area (Å²) in [7, 11) is -0.735. The average Bonchev–Trinajstić information content (AvgIpc) is 3.33. The molecule has 0 bridgehead atoms. The van der Waals surface area contributed by atoms with Gasteiger partial charge < -0.3 is 23.8 Å². The molecule has 1 amide bonds. The van der Waals surface area contributed by atoms with Gasteiger partial charge in [-0.3, -0.25) is 4.79 Å². The van der Waals surface area contributed by atoms with Gasteiger partial charge in [-0.1, -0.05) is 11.2 Å². The Bertz CT molecular complexity index is 1300. The summed E-state index contributed by atoms with van der Waals surface area (Å²) < 4.78 is 42.2. The normalized spacial score (nSPS) is 14.1. The summed E-state index contributed by atoms with van der Waals surface area (Å²) in [5.74, 6) is 0.983. The van der Waals surface area contributed by atoms with Crippen LogP contribution in [-0.2, 0) is 14.6 Å². The number of amides is 1. The highest BCUT2D eigenvalue weighted by Gasteiger charge is 2.26. The molecule has 3 aromatic rings. The van der Waals surface area contributed by atoms with E-state index in [1.165, 1.54) is 13.2 Å². The Kier molecular flexibility index (Phi) is 7.30. The van der Waals surface area contributed by atoms with Crippen LogP contribution in [0.15, 0.2) is 57.9 Å². The first-order valence-electron chi connectivity index (χ1n) is 11.3. The SMILES string of the molecule is COc1cccc(N2CCN(C(=O)CCS(=O)(=O)c3cc(-c4cc(C)no4)ccc3OC)CC2)c1. The standard InChI is InChI=1S/C25H29N3O6S/c1-18-15-23(34-26-18)19-7-8-22(33-3)24(16-19)35(30,31)14-9-25(29)28-12-10-27(11-13-28)20-5-4-6-21(17-20)32-2/h4-8,15-17H,9-14H2,1-3H3. The van der Waals surface area contributed by atoms with E-state index in [2.05, 4.69) is 10.1 Å². The number of anilines is 1. The second-order valence-electron chi connectivity index (χ2n) is 8.34. The van der Waals surface area contributed by atoms with E-state index in [1.807, 2.05) is 24.3 Å². The number of carbonyl (C=O) groups excluding carboxylic acids is 1. The number of carbonyl (C=O) groups is 1. The Balaban J connectivity index is 1.40. The number of aryl methyl sites for hydroxylation is 1. The van der Waals surface area contributed by atoms with Crippen LogP contribution >= 0.6 is 0 Å². The van der Waals surface area contributed by atoms with Crippen LogP contribution in [0.4, 0.5) is 5.69 Å². The predicted octanol–water partition coefficient (Wildman–Crippen LogP) is 3.18. The molecule has 0 atom stereocenters. The highest BCUT2D eigenvalue weighted by atomic mass is 32.2. The zero-order valence-electron chi connectivity index (χ0n) is 20.1. The van der Waals surface area contributed by atoms with Crippen molar-refractivity contribution in [1.29, 1.82) is 0 Å². The van der Waals surface area contributed by atoms with Crippen LogP contribution in [0.25, 0.3) is 11.3 Å². The third-order valence-corrected chi connectivity index (χ3v) is 7.78. The van der Waals surface area contributed by atoms with Crippen LogP contribution in [0.3, 0.4) is 0 Å². The lowest BCUT2D eigenvalue weighted by Gasteiger charge is -2.36. The average molecular weight is 500 g/mol. The summed E-state index contributed by atoms with van der Waals surface area (Å²) >= 11 is 0. The van der Waals surface area contributed by atoms with Crippen molar-refractivity contribution in [3.05, 3.63) is 54.2 Å². The molecule has 186 valence electrons. The summed E-state index contributed by atoms with van der Waals surface area (Å²) in [5.41, 5.74) is 2.30. The number of nitrogens with zero attached hydrogens (tertiary/aromatic N) is 3. The molecular formula is C25H29N3O6S. The highest BCUT2D eigenvalue weighted by molar-refractivity contribution is 7.91. The minimum absolute atomic E-state index is 0.0298. The van der Waals surface area contributed by atoms with Gasteiger partial charge in [0.15, 0.2) is 15.6 Å². The van der Waals surface area contributed by atoms with Gasteiger partial charge >= 0.3 is 0 Å². The number of rotatable bonds is 8. The minimum Gasteiger partial charge on any atom is -0.497 e. The van der Waals surface area contributed by atoms with Gasteiger partial charge in [0.05, 0.1) is 25.7 Å². The van der Waals surface area contributed by atoms with E-state index in [-0.39, 0.29) is 28.7 Å². The molecule has 0 N–H and O–H groups in total. The van der Waals surface area contributed by atoms with Crippen molar-refractivity contribution < 1.29 is 27.2 Å². The molecule has 35 heavy (non-hydrogen) atoms. The van der Waals surface area contributed by atoms with Crippen LogP contribution in [0, 0.1) is 6.92 Å². The third kappa shape index (κ3) is 5.59. The quantitative estimate of drug-likeness (QED) is 0.466. The Hall–Kier alpha value is -3.53. The first-order valence-corrected chi connectivity index (χ1v) is 13.0. The lowest BCUT2D eigenvalue weighted by molar-refractivity contribution is -0.131. The second kappa shape index (κ2) is 10.4. The van der Waals surface area contributed by atoms with Crippen molar-refractivity contribution >= 4 is 21.4 Å². The van der Waals surface area contributed by atoms with Crippen LogP contribution in [0.5, 0.6) is 11.5 Å². The van der Waals surface area contributed by atoms with Crippen molar-refractivity contribution in [3.63, 3.8) is 0 Å². The van der Waals surface area contributed by atoms with Crippen molar-refractivity contribution in [2.75, 3.05) is 51.1 Å².